The molecule has 18 heavy (non-hydrogen) atoms. The lowest BCUT2D eigenvalue weighted by molar-refractivity contribution is 0.0958. The Balaban J connectivity index is 1.85. The highest BCUT2D eigenvalue weighted by Gasteiger charge is 2.11. The van der Waals surface area contributed by atoms with Crippen molar-refractivity contribution < 1.29 is 4.79 Å². The molecule has 0 aliphatic rings. The van der Waals surface area contributed by atoms with E-state index in [1.54, 1.807) is 17.1 Å². The zero-order chi connectivity index (χ0) is 13.1. The van der Waals surface area contributed by atoms with Crippen LogP contribution in [0.3, 0.4) is 0 Å². The van der Waals surface area contributed by atoms with Gasteiger partial charge in [0, 0.05) is 24.5 Å². The van der Waals surface area contributed by atoms with Crippen LogP contribution in [-0.2, 0) is 13.5 Å². The van der Waals surface area contributed by atoms with Gasteiger partial charge in [-0.3, -0.25) is 9.48 Å². The summed E-state index contributed by atoms with van der Waals surface area (Å²) in [7, 11) is 1.82. The van der Waals surface area contributed by atoms with Crippen LogP contribution in [0.15, 0.2) is 20.7 Å². The first-order valence-corrected chi connectivity index (χ1v) is 7.54. The van der Waals surface area contributed by atoms with E-state index < -0.39 is 0 Å². The van der Waals surface area contributed by atoms with Crippen LogP contribution in [0.5, 0.6) is 0 Å². The molecule has 0 radical (unpaired) electrons. The van der Waals surface area contributed by atoms with Crippen molar-refractivity contribution >= 4 is 49.1 Å². The number of carbonyl (C=O) groups excluding carboxylic acids is 1. The summed E-state index contributed by atoms with van der Waals surface area (Å²) in [6, 6.07) is 1.79. The first-order valence-electron chi connectivity index (χ1n) is 5.14. The Bertz CT molecular complexity index is 546. The Labute approximate surface area is 125 Å². The summed E-state index contributed by atoms with van der Waals surface area (Å²) in [5, 5.41) is 6.98. The summed E-state index contributed by atoms with van der Waals surface area (Å²) in [5.74, 6) is 0.647. The van der Waals surface area contributed by atoms with E-state index in [1.165, 1.54) is 11.3 Å². The molecule has 0 aliphatic heterocycles. The van der Waals surface area contributed by atoms with Gasteiger partial charge in [-0.25, -0.2) is 4.98 Å². The molecule has 0 atom stereocenters. The van der Waals surface area contributed by atoms with Gasteiger partial charge in [0.05, 0.1) is 8.66 Å². The summed E-state index contributed by atoms with van der Waals surface area (Å²) in [6.45, 7) is 0.524. The molecule has 0 saturated carbocycles. The second-order valence-electron chi connectivity index (χ2n) is 3.57. The lowest BCUT2D eigenvalue weighted by atomic mass is 10.4. The van der Waals surface area contributed by atoms with Crippen molar-refractivity contribution in [1.82, 2.24) is 20.1 Å². The molecule has 0 spiro atoms. The average molecular weight is 394 g/mol. The number of thiophene rings is 1. The SMILES string of the molecule is Cn1cnc(CCNC(=O)c2cc(Br)c(Br)s2)n1. The summed E-state index contributed by atoms with van der Waals surface area (Å²) < 4.78 is 3.45. The number of amides is 1. The van der Waals surface area contributed by atoms with E-state index in [2.05, 4.69) is 47.3 Å². The Hall–Kier alpha value is -0.730. The van der Waals surface area contributed by atoms with Gasteiger partial charge in [-0.05, 0) is 37.9 Å². The van der Waals surface area contributed by atoms with Crippen LogP contribution in [0.25, 0.3) is 0 Å². The topological polar surface area (TPSA) is 59.8 Å². The number of nitrogens with zero attached hydrogens (tertiary/aromatic N) is 3. The summed E-state index contributed by atoms with van der Waals surface area (Å²) in [4.78, 5) is 16.6. The maximum atomic E-state index is 11.8. The predicted octanol–water partition coefficient (Wildman–Crippen LogP) is 2.37. The van der Waals surface area contributed by atoms with Gasteiger partial charge >= 0.3 is 0 Å². The fourth-order valence-corrected chi connectivity index (χ4v) is 3.28. The molecule has 0 bridgehead atoms. The number of aromatic nitrogens is 3. The molecular weight excluding hydrogens is 384 g/mol. The zero-order valence-electron chi connectivity index (χ0n) is 9.48. The van der Waals surface area contributed by atoms with E-state index in [0.717, 1.165) is 14.1 Å². The molecule has 8 heteroatoms. The minimum Gasteiger partial charge on any atom is -0.351 e. The lowest BCUT2D eigenvalue weighted by Gasteiger charge is -2.00. The molecule has 2 aromatic rings. The van der Waals surface area contributed by atoms with Crippen molar-refractivity contribution in [3.05, 3.63) is 31.4 Å². The van der Waals surface area contributed by atoms with Crippen molar-refractivity contribution in [1.29, 1.82) is 0 Å². The third kappa shape index (κ3) is 3.39. The first kappa shape index (κ1) is 13.7. The fraction of sp³-hybridized carbons (Fsp3) is 0.300. The smallest absolute Gasteiger partial charge is 0.261 e. The lowest BCUT2D eigenvalue weighted by Crippen LogP contribution is -2.25. The Morgan fingerprint density at radius 3 is 2.89 bits per heavy atom. The summed E-state index contributed by atoms with van der Waals surface area (Å²) in [6.07, 6.45) is 2.27. The van der Waals surface area contributed by atoms with Crippen molar-refractivity contribution in [2.45, 2.75) is 6.42 Å². The maximum Gasteiger partial charge on any atom is 0.261 e. The molecule has 96 valence electrons. The van der Waals surface area contributed by atoms with E-state index in [0.29, 0.717) is 17.8 Å². The van der Waals surface area contributed by atoms with Crippen LogP contribution in [-0.4, -0.2) is 27.2 Å². The number of rotatable bonds is 4. The van der Waals surface area contributed by atoms with Gasteiger partial charge in [0.15, 0.2) is 5.82 Å². The maximum absolute atomic E-state index is 11.8. The molecule has 2 aromatic heterocycles. The zero-order valence-corrected chi connectivity index (χ0v) is 13.5. The average Bonchev–Trinajstić information content (AvgIpc) is 2.87. The van der Waals surface area contributed by atoms with E-state index in [1.807, 2.05) is 7.05 Å². The molecule has 0 unspecified atom stereocenters. The Morgan fingerprint density at radius 2 is 2.33 bits per heavy atom. The molecular formula is C10H10Br2N4OS. The van der Waals surface area contributed by atoms with Crippen LogP contribution >= 0.6 is 43.2 Å². The van der Waals surface area contributed by atoms with Crippen LogP contribution < -0.4 is 5.32 Å². The summed E-state index contributed by atoms with van der Waals surface area (Å²) in [5.41, 5.74) is 0. The number of hydrogen-bond donors (Lipinski definition) is 1. The van der Waals surface area contributed by atoms with Crippen LogP contribution in [0.2, 0.25) is 0 Å². The largest absolute Gasteiger partial charge is 0.351 e. The van der Waals surface area contributed by atoms with Crippen molar-refractivity contribution in [3.8, 4) is 0 Å². The molecule has 2 rings (SSSR count). The van der Waals surface area contributed by atoms with E-state index >= 15 is 0 Å². The van der Waals surface area contributed by atoms with Gasteiger partial charge in [0.25, 0.3) is 5.91 Å². The number of nitrogens with one attached hydrogen (secondary N) is 1. The molecule has 5 nitrogen and oxygen atoms in total. The van der Waals surface area contributed by atoms with Crippen molar-refractivity contribution in [2.24, 2.45) is 7.05 Å². The second kappa shape index (κ2) is 5.94. The van der Waals surface area contributed by atoms with Crippen molar-refractivity contribution in [3.63, 3.8) is 0 Å². The van der Waals surface area contributed by atoms with Gasteiger partial charge in [-0.2, -0.15) is 5.10 Å². The fourth-order valence-electron chi connectivity index (χ4n) is 1.33. The Morgan fingerprint density at radius 1 is 1.56 bits per heavy atom. The quantitative estimate of drug-likeness (QED) is 0.867. The minimum atomic E-state index is -0.0812. The predicted molar refractivity (Wildman–Crippen MR) is 76.8 cm³/mol. The molecule has 2 heterocycles. The van der Waals surface area contributed by atoms with E-state index in [-0.39, 0.29) is 5.91 Å². The molecule has 0 fully saturated rings. The highest BCUT2D eigenvalue weighted by molar-refractivity contribution is 9.13. The third-order valence-corrected chi connectivity index (χ3v) is 5.41. The van der Waals surface area contributed by atoms with Gasteiger partial charge in [-0.15, -0.1) is 11.3 Å². The van der Waals surface area contributed by atoms with Gasteiger partial charge < -0.3 is 5.32 Å². The molecule has 0 aromatic carbocycles. The number of hydrogen-bond acceptors (Lipinski definition) is 4. The summed E-state index contributed by atoms with van der Waals surface area (Å²) >= 11 is 8.11. The number of halogens is 2. The molecule has 1 amide bonds. The monoisotopic (exact) mass is 392 g/mol. The molecule has 1 N–H and O–H groups in total. The second-order valence-corrected chi connectivity index (χ2v) is 6.80. The van der Waals surface area contributed by atoms with Crippen LogP contribution in [0.4, 0.5) is 0 Å². The minimum absolute atomic E-state index is 0.0812. The third-order valence-electron chi connectivity index (χ3n) is 2.15. The highest BCUT2D eigenvalue weighted by atomic mass is 79.9. The van der Waals surface area contributed by atoms with E-state index in [9.17, 15) is 4.79 Å². The van der Waals surface area contributed by atoms with Gasteiger partial charge in [0.2, 0.25) is 0 Å². The van der Waals surface area contributed by atoms with Crippen LogP contribution in [0.1, 0.15) is 15.5 Å². The first-order chi connectivity index (χ1) is 8.56. The number of carbonyl (C=O) groups is 1. The standard InChI is InChI=1S/C10H10Br2N4OS/c1-16-5-14-8(15-16)2-3-13-10(17)7-4-6(11)9(12)18-7/h4-5H,2-3H2,1H3,(H,13,17). The molecule has 0 saturated heterocycles. The van der Waals surface area contributed by atoms with Gasteiger partial charge in [0.1, 0.15) is 6.33 Å². The highest BCUT2D eigenvalue weighted by Crippen LogP contribution is 2.32. The Kier molecular flexibility index (Phi) is 4.52. The van der Waals surface area contributed by atoms with Crippen molar-refractivity contribution in [2.75, 3.05) is 6.54 Å². The number of aryl methyl sites for hydroxylation is 1. The van der Waals surface area contributed by atoms with E-state index in [4.69, 9.17) is 0 Å². The molecule has 0 aliphatic carbocycles. The van der Waals surface area contributed by atoms with Crippen LogP contribution in [0, 0.1) is 0 Å². The normalized spacial score (nSPS) is 10.6. The van der Waals surface area contributed by atoms with Gasteiger partial charge in [-0.1, -0.05) is 0 Å².